The van der Waals surface area contributed by atoms with Crippen molar-refractivity contribution < 1.29 is 4.79 Å². The van der Waals surface area contributed by atoms with Crippen molar-refractivity contribution >= 4 is 5.91 Å². The van der Waals surface area contributed by atoms with Crippen LogP contribution in [-0.4, -0.2) is 33.4 Å². The third kappa shape index (κ3) is 2.56. The summed E-state index contributed by atoms with van der Waals surface area (Å²) in [6, 6.07) is 10.7. The number of benzene rings is 1. The number of likely N-dealkylation sites (tertiary alicyclic amines) is 1. The van der Waals surface area contributed by atoms with Gasteiger partial charge >= 0.3 is 0 Å². The highest BCUT2D eigenvalue weighted by Gasteiger charge is 2.37. The van der Waals surface area contributed by atoms with Crippen LogP contribution in [-0.2, 0) is 4.79 Å². The summed E-state index contributed by atoms with van der Waals surface area (Å²) in [5.41, 5.74) is 2.31. The number of aromatic nitrogens is 2. The Hall–Kier alpha value is -2.10. The molecular formula is C19H23N3O. The average molecular weight is 309 g/mol. The van der Waals surface area contributed by atoms with Gasteiger partial charge in [-0.1, -0.05) is 43.2 Å². The highest BCUT2D eigenvalue weighted by Crippen LogP contribution is 2.33. The number of aryl methyl sites for hydroxylation is 1. The molecule has 2 aromatic rings. The minimum atomic E-state index is 0.286. The van der Waals surface area contributed by atoms with E-state index in [0.29, 0.717) is 11.9 Å². The maximum Gasteiger partial charge on any atom is 0.225 e. The summed E-state index contributed by atoms with van der Waals surface area (Å²) in [4.78, 5) is 19.1. The molecule has 2 heterocycles. The van der Waals surface area contributed by atoms with Crippen molar-refractivity contribution in [3.63, 3.8) is 0 Å². The third-order valence-corrected chi connectivity index (χ3v) is 5.26. The molecule has 4 nitrogen and oxygen atoms in total. The normalized spacial score (nSPS) is 19.1. The van der Waals surface area contributed by atoms with Gasteiger partial charge in [-0.05, 0) is 19.8 Å². The van der Waals surface area contributed by atoms with Crippen LogP contribution in [0.4, 0.5) is 0 Å². The SMILES string of the molecule is Cc1cnc(-c2ccccc2)n1C1CN(C(=O)C2CCCC2)C1. The molecule has 0 radical (unpaired) electrons. The fourth-order valence-electron chi connectivity index (χ4n) is 3.94. The van der Waals surface area contributed by atoms with Crippen LogP contribution < -0.4 is 0 Å². The molecule has 23 heavy (non-hydrogen) atoms. The third-order valence-electron chi connectivity index (χ3n) is 5.26. The van der Waals surface area contributed by atoms with E-state index >= 15 is 0 Å². The Morgan fingerprint density at radius 3 is 2.52 bits per heavy atom. The summed E-state index contributed by atoms with van der Waals surface area (Å²) >= 11 is 0. The summed E-state index contributed by atoms with van der Waals surface area (Å²) < 4.78 is 2.30. The van der Waals surface area contributed by atoms with Gasteiger partial charge in [0, 0.05) is 36.5 Å². The molecule has 2 aliphatic rings. The second-order valence-corrected chi connectivity index (χ2v) is 6.84. The lowest BCUT2D eigenvalue weighted by atomic mass is 10.0. The van der Waals surface area contributed by atoms with Crippen molar-refractivity contribution in [3.8, 4) is 11.4 Å². The van der Waals surface area contributed by atoms with E-state index in [0.717, 1.165) is 37.3 Å². The first-order valence-electron chi connectivity index (χ1n) is 8.62. The number of carbonyl (C=O) groups excluding carboxylic acids is 1. The first-order chi connectivity index (χ1) is 11.2. The Kier molecular flexibility index (Phi) is 3.68. The zero-order valence-electron chi connectivity index (χ0n) is 13.6. The minimum absolute atomic E-state index is 0.286. The van der Waals surface area contributed by atoms with Crippen molar-refractivity contribution in [3.05, 3.63) is 42.2 Å². The molecule has 1 saturated heterocycles. The minimum Gasteiger partial charge on any atom is -0.338 e. The van der Waals surface area contributed by atoms with Crippen molar-refractivity contribution in [1.82, 2.24) is 14.5 Å². The molecular weight excluding hydrogens is 286 g/mol. The van der Waals surface area contributed by atoms with Crippen LogP contribution in [0.25, 0.3) is 11.4 Å². The van der Waals surface area contributed by atoms with Gasteiger partial charge in [-0.2, -0.15) is 0 Å². The molecule has 0 spiro atoms. The fraction of sp³-hybridized carbons (Fsp3) is 0.474. The first kappa shape index (κ1) is 14.5. The van der Waals surface area contributed by atoms with E-state index in [-0.39, 0.29) is 5.92 Å². The molecule has 1 aromatic heterocycles. The van der Waals surface area contributed by atoms with Crippen LogP contribution in [0.1, 0.15) is 37.4 Å². The van der Waals surface area contributed by atoms with Crippen molar-refractivity contribution in [2.45, 2.75) is 38.6 Å². The Morgan fingerprint density at radius 1 is 1.13 bits per heavy atom. The highest BCUT2D eigenvalue weighted by atomic mass is 16.2. The monoisotopic (exact) mass is 309 g/mol. The Bertz CT molecular complexity index is 695. The van der Waals surface area contributed by atoms with E-state index in [1.807, 2.05) is 29.3 Å². The Morgan fingerprint density at radius 2 is 1.83 bits per heavy atom. The van der Waals surface area contributed by atoms with Crippen LogP contribution >= 0.6 is 0 Å². The van der Waals surface area contributed by atoms with E-state index in [1.54, 1.807) is 0 Å². The maximum absolute atomic E-state index is 12.5. The summed E-state index contributed by atoms with van der Waals surface area (Å²) in [7, 11) is 0. The number of carbonyl (C=O) groups is 1. The second kappa shape index (κ2) is 5.84. The zero-order chi connectivity index (χ0) is 15.8. The molecule has 0 N–H and O–H groups in total. The van der Waals surface area contributed by atoms with E-state index in [2.05, 4.69) is 28.6 Å². The molecule has 4 rings (SSSR count). The smallest absolute Gasteiger partial charge is 0.225 e. The molecule has 0 bridgehead atoms. The topological polar surface area (TPSA) is 38.1 Å². The molecule has 1 saturated carbocycles. The number of rotatable bonds is 3. The molecule has 1 aromatic carbocycles. The van der Waals surface area contributed by atoms with Crippen molar-refractivity contribution in [2.24, 2.45) is 5.92 Å². The lowest BCUT2D eigenvalue weighted by molar-refractivity contribution is -0.141. The van der Waals surface area contributed by atoms with Crippen molar-refractivity contribution in [1.29, 1.82) is 0 Å². The van der Waals surface area contributed by atoms with E-state index in [1.165, 1.54) is 18.5 Å². The number of hydrogen-bond acceptors (Lipinski definition) is 2. The van der Waals surface area contributed by atoms with Gasteiger partial charge in [0.15, 0.2) is 0 Å². The van der Waals surface area contributed by atoms with Crippen LogP contribution in [0.2, 0.25) is 0 Å². The standard InChI is InChI=1S/C19H23N3O/c1-14-11-20-18(15-7-3-2-4-8-15)22(14)17-12-21(13-17)19(23)16-9-5-6-10-16/h2-4,7-8,11,16-17H,5-6,9-10,12-13H2,1H3. The predicted octanol–water partition coefficient (Wildman–Crippen LogP) is 3.43. The Balaban J connectivity index is 1.50. The van der Waals surface area contributed by atoms with Gasteiger partial charge in [0.05, 0.1) is 6.04 Å². The van der Waals surface area contributed by atoms with Gasteiger partial charge in [-0.3, -0.25) is 4.79 Å². The molecule has 2 fully saturated rings. The lowest BCUT2D eigenvalue weighted by Gasteiger charge is -2.42. The van der Waals surface area contributed by atoms with Crippen molar-refractivity contribution in [2.75, 3.05) is 13.1 Å². The Labute approximate surface area is 137 Å². The number of nitrogens with zero attached hydrogens (tertiary/aromatic N) is 3. The molecule has 1 amide bonds. The van der Waals surface area contributed by atoms with Crippen LogP contribution in [0.15, 0.2) is 36.5 Å². The highest BCUT2D eigenvalue weighted by molar-refractivity contribution is 5.80. The van der Waals surface area contributed by atoms with Gasteiger partial charge in [0.25, 0.3) is 0 Å². The lowest BCUT2D eigenvalue weighted by Crippen LogP contribution is -2.52. The molecule has 0 atom stereocenters. The van der Waals surface area contributed by atoms with Crippen LogP contribution in [0.3, 0.4) is 0 Å². The van der Waals surface area contributed by atoms with E-state index in [9.17, 15) is 4.79 Å². The summed E-state index contributed by atoms with van der Waals surface area (Å²) in [6.45, 7) is 3.75. The molecule has 120 valence electrons. The van der Waals surface area contributed by atoms with Crippen LogP contribution in [0.5, 0.6) is 0 Å². The van der Waals surface area contributed by atoms with Gasteiger partial charge in [0.1, 0.15) is 5.82 Å². The number of hydrogen-bond donors (Lipinski definition) is 0. The number of amides is 1. The molecule has 4 heteroatoms. The van der Waals surface area contributed by atoms with Crippen LogP contribution in [0, 0.1) is 12.8 Å². The zero-order valence-corrected chi connectivity index (χ0v) is 13.6. The van der Waals surface area contributed by atoms with E-state index in [4.69, 9.17) is 0 Å². The predicted molar refractivity (Wildman–Crippen MR) is 90.0 cm³/mol. The molecule has 1 aliphatic carbocycles. The van der Waals surface area contributed by atoms with Gasteiger partial charge in [0.2, 0.25) is 5.91 Å². The van der Waals surface area contributed by atoms with Gasteiger partial charge < -0.3 is 9.47 Å². The summed E-state index contributed by atoms with van der Waals surface area (Å²) in [6.07, 6.45) is 6.53. The fourth-order valence-corrected chi connectivity index (χ4v) is 3.94. The molecule has 0 unspecified atom stereocenters. The number of imidazole rings is 1. The molecule has 1 aliphatic heterocycles. The summed E-state index contributed by atoms with van der Waals surface area (Å²) in [5.74, 6) is 1.67. The summed E-state index contributed by atoms with van der Waals surface area (Å²) in [5, 5.41) is 0. The maximum atomic E-state index is 12.5. The second-order valence-electron chi connectivity index (χ2n) is 6.84. The largest absolute Gasteiger partial charge is 0.338 e. The quantitative estimate of drug-likeness (QED) is 0.871. The average Bonchev–Trinajstić information content (AvgIpc) is 3.17. The van der Waals surface area contributed by atoms with Gasteiger partial charge in [-0.15, -0.1) is 0 Å². The van der Waals surface area contributed by atoms with Gasteiger partial charge in [-0.25, -0.2) is 4.98 Å². The van der Waals surface area contributed by atoms with E-state index < -0.39 is 0 Å². The first-order valence-corrected chi connectivity index (χ1v) is 8.62.